The maximum atomic E-state index is 11.6. The Hall–Kier alpha value is -3.72. The van der Waals surface area contributed by atoms with E-state index in [1.165, 1.54) is 6.92 Å². The number of aryl methyl sites for hydroxylation is 1. The van der Waals surface area contributed by atoms with Crippen molar-refractivity contribution in [3.63, 3.8) is 0 Å². The molecule has 0 saturated heterocycles. The topological polar surface area (TPSA) is 108 Å². The van der Waals surface area contributed by atoms with E-state index in [2.05, 4.69) is 15.5 Å². The van der Waals surface area contributed by atoms with Gasteiger partial charge in [-0.3, -0.25) is 19.1 Å². The van der Waals surface area contributed by atoms with Crippen LogP contribution in [0, 0.1) is 6.92 Å². The van der Waals surface area contributed by atoms with Gasteiger partial charge < -0.3 is 14.8 Å². The molecule has 0 aliphatic carbocycles. The van der Waals surface area contributed by atoms with E-state index in [0.29, 0.717) is 23.9 Å². The lowest BCUT2D eigenvalue weighted by Crippen LogP contribution is -2.18. The Labute approximate surface area is 215 Å². The van der Waals surface area contributed by atoms with Gasteiger partial charge in [-0.25, -0.2) is 0 Å². The molecule has 2 heterocycles. The number of nitrogens with zero attached hydrogens (tertiary/aromatic N) is 4. The Morgan fingerprint density at radius 2 is 1.86 bits per heavy atom. The lowest BCUT2D eigenvalue weighted by molar-refractivity contribution is -0.143. The summed E-state index contributed by atoms with van der Waals surface area (Å²) in [6.45, 7) is 8.83. The molecule has 0 atom stereocenters. The SMILES string of the molecule is CCNC(C)=O.CCOC(=O)CCOc1ccc2c(c1)C(c1ccc(Cl)cc1)=NCc1nnc(C)n1-2. The highest BCUT2D eigenvalue weighted by Gasteiger charge is 2.22. The number of aromatic nitrogens is 3. The predicted molar refractivity (Wildman–Crippen MR) is 138 cm³/mol. The fourth-order valence-corrected chi connectivity index (χ4v) is 3.76. The molecule has 1 aliphatic heterocycles. The maximum Gasteiger partial charge on any atom is 0.309 e. The lowest BCUT2D eigenvalue weighted by atomic mass is 10.00. The molecule has 3 aromatic rings. The van der Waals surface area contributed by atoms with Crippen molar-refractivity contribution in [2.75, 3.05) is 19.8 Å². The van der Waals surface area contributed by atoms with Gasteiger partial charge in [-0.05, 0) is 51.1 Å². The molecule has 1 amide bonds. The largest absolute Gasteiger partial charge is 0.493 e. The molecular weight excluding hydrogens is 482 g/mol. The Morgan fingerprint density at radius 3 is 2.50 bits per heavy atom. The van der Waals surface area contributed by atoms with Gasteiger partial charge in [-0.1, -0.05) is 23.7 Å². The third-order valence-corrected chi connectivity index (χ3v) is 5.41. The van der Waals surface area contributed by atoms with Crippen molar-refractivity contribution in [1.82, 2.24) is 20.1 Å². The van der Waals surface area contributed by atoms with Gasteiger partial charge in [0, 0.05) is 29.6 Å². The van der Waals surface area contributed by atoms with E-state index in [1.54, 1.807) is 6.92 Å². The Bertz CT molecular complexity index is 1240. The van der Waals surface area contributed by atoms with Gasteiger partial charge in [0.05, 0.1) is 31.0 Å². The van der Waals surface area contributed by atoms with Crippen molar-refractivity contribution < 1.29 is 19.1 Å². The van der Waals surface area contributed by atoms with Crippen LogP contribution in [0.2, 0.25) is 5.02 Å². The molecular formula is C26H30ClN5O4. The van der Waals surface area contributed by atoms with E-state index in [1.807, 2.05) is 60.9 Å². The van der Waals surface area contributed by atoms with Gasteiger partial charge in [-0.2, -0.15) is 0 Å². The summed E-state index contributed by atoms with van der Waals surface area (Å²) in [5.41, 5.74) is 3.59. The summed E-state index contributed by atoms with van der Waals surface area (Å²) in [7, 11) is 0. The number of fused-ring (bicyclic) bond motifs is 3. The number of ether oxygens (including phenoxy) is 2. The second-order valence-electron chi connectivity index (χ2n) is 7.84. The standard InChI is InChI=1S/C22H21ClN4O3.C4H9NO/c1-3-29-21(28)10-11-30-17-8-9-19-18(12-17)22(15-4-6-16(23)7-5-15)24-13-20-26-25-14(2)27(19)20;1-3-5-4(2)6/h4-9,12H,3,10-11,13H2,1-2H3;3H2,1-2H3,(H,5,6). The van der Waals surface area contributed by atoms with Crippen LogP contribution < -0.4 is 10.1 Å². The molecule has 9 nitrogen and oxygen atoms in total. The molecule has 0 saturated carbocycles. The van der Waals surface area contributed by atoms with Crippen molar-refractivity contribution >= 4 is 29.2 Å². The highest BCUT2D eigenvalue weighted by Crippen LogP contribution is 2.29. The van der Waals surface area contributed by atoms with Gasteiger partial charge in [0.2, 0.25) is 5.91 Å². The van der Waals surface area contributed by atoms with E-state index in [4.69, 9.17) is 26.1 Å². The first kappa shape index (κ1) is 26.9. The molecule has 2 aromatic carbocycles. The smallest absolute Gasteiger partial charge is 0.309 e. The van der Waals surface area contributed by atoms with E-state index >= 15 is 0 Å². The molecule has 1 aromatic heterocycles. The van der Waals surface area contributed by atoms with E-state index in [9.17, 15) is 9.59 Å². The number of esters is 1. The number of carbonyl (C=O) groups is 2. The average molecular weight is 512 g/mol. The Balaban J connectivity index is 0.000000538. The molecule has 10 heteroatoms. The van der Waals surface area contributed by atoms with Crippen LogP contribution in [0.5, 0.6) is 5.75 Å². The van der Waals surface area contributed by atoms with E-state index < -0.39 is 0 Å². The van der Waals surface area contributed by atoms with Gasteiger partial charge in [0.25, 0.3) is 0 Å². The third kappa shape index (κ3) is 6.91. The number of benzene rings is 2. The van der Waals surface area contributed by atoms with Gasteiger partial charge in [0.15, 0.2) is 5.82 Å². The minimum Gasteiger partial charge on any atom is -0.493 e. The van der Waals surface area contributed by atoms with Crippen molar-refractivity contribution in [3.8, 4) is 11.4 Å². The number of nitrogens with one attached hydrogen (secondary N) is 1. The summed E-state index contributed by atoms with van der Waals surface area (Å²) in [4.78, 5) is 26.3. The molecule has 1 aliphatic rings. The average Bonchev–Trinajstić information content (AvgIpc) is 3.12. The Morgan fingerprint density at radius 1 is 1.11 bits per heavy atom. The third-order valence-electron chi connectivity index (χ3n) is 5.16. The van der Waals surface area contributed by atoms with Crippen LogP contribution in [-0.2, 0) is 20.9 Å². The van der Waals surface area contributed by atoms with Crippen LogP contribution in [0.25, 0.3) is 5.69 Å². The molecule has 4 rings (SSSR count). The summed E-state index contributed by atoms with van der Waals surface area (Å²) < 4.78 is 12.8. The summed E-state index contributed by atoms with van der Waals surface area (Å²) in [6.07, 6.45) is 0.192. The van der Waals surface area contributed by atoms with Crippen LogP contribution in [0.4, 0.5) is 0 Å². The lowest BCUT2D eigenvalue weighted by Gasteiger charge is -2.15. The van der Waals surface area contributed by atoms with Crippen LogP contribution in [0.1, 0.15) is 50.0 Å². The fraction of sp³-hybridized carbons (Fsp3) is 0.346. The molecule has 0 spiro atoms. The zero-order valence-electron chi connectivity index (χ0n) is 20.9. The van der Waals surface area contributed by atoms with Gasteiger partial charge in [0.1, 0.15) is 18.1 Å². The molecule has 190 valence electrons. The maximum absolute atomic E-state index is 11.6. The second kappa shape index (κ2) is 12.8. The number of rotatable bonds is 7. The van der Waals surface area contributed by atoms with E-state index in [0.717, 1.165) is 40.7 Å². The number of aliphatic imine (C=N–C) groups is 1. The minimum atomic E-state index is -0.277. The van der Waals surface area contributed by atoms with Crippen LogP contribution in [0.15, 0.2) is 47.5 Å². The summed E-state index contributed by atoms with van der Waals surface area (Å²) in [5.74, 6) is 1.97. The number of halogens is 1. The normalized spacial score (nSPS) is 11.6. The number of hydrogen-bond acceptors (Lipinski definition) is 7. The summed E-state index contributed by atoms with van der Waals surface area (Å²) in [6, 6.07) is 13.3. The quantitative estimate of drug-likeness (QED) is 0.479. The van der Waals surface area contributed by atoms with Crippen molar-refractivity contribution in [1.29, 1.82) is 0 Å². The summed E-state index contributed by atoms with van der Waals surface area (Å²) in [5, 5.41) is 11.7. The second-order valence-corrected chi connectivity index (χ2v) is 8.28. The zero-order valence-corrected chi connectivity index (χ0v) is 21.6. The van der Waals surface area contributed by atoms with E-state index in [-0.39, 0.29) is 24.9 Å². The van der Waals surface area contributed by atoms with Crippen molar-refractivity contribution in [2.45, 2.75) is 40.7 Å². The minimum absolute atomic E-state index is 0.0394. The monoisotopic (exact) mass is 511 g/mol. The predicted octanol–water partition coefficient (Wildman–Crippen LogP) is 4.05. The number of carbonyl (C=O) groups excluding carboxylic acids is 2. The van der Waals surface area contributed by atoms with Crippen LogP contribution in [0.3, 0.4) is 0 Å². The zero-order chi connectivity index (χ0) is 26.1. The molecule has 0 fully saturated rings. The molecule has 0 bridgehead atoms. The first-order chi connectivity index (χ1) is 17.3. The molecule has 0 radical (unpaired) electrons. The fourth-order valence-electron chi connectivity index (χ4n) is 3.64. The van der Waals surface area contributed by atoms with Crippen molar-refractivity contribution in [2.24, 2.45) is 4.99 Å². The first-order valence-electron chi connectivity index (χ1n) is 11.7. The first-order valence-corrected chi connectivity index (χ1v) is 12.1. The highest BCUT2D eigenvalue weighted by atomic mass is 35.5. The van der Waals surface area contributed by atoms with Gasteiger partial charge >= 0.3 is 5.97 Å². The molecule has 0 unspecified atom stereocenters. The number of hydrogen-bond donors (Lipinski definition) is 1. The van der Waals surface area contributed by atoms with Crippen molar-refractivity contribution in [3.05, 3.63) is 70.3 Å². The highest BCUT2D eigenvalue weighted by molar-refractivity contribution is 6.30. The van der Waals surface area contributed by atoms with Gasteiger partial charge in [-0.15, -0.1) is 10.2 Å². The molecule has 1 N–H and O–H groups in total. The summed E-state index contributed by atoms with van der Waals surface area (Å²) >= 11 is 6.07. The van der Waals surface area contributed by atoms with Crippen LogP contribution in [-0.4, -0.2) is 52.1 Å². The molecule has 36 heavy (non-hydrogen) atoms. The Kier molecular flexibility index (Phi) is 9.58. The van der Waals surface area contributed by atoms with Crippen LogP contribution >= 0.6 is 11.6 Å². The number of amides is 1.